The van der Waals surface area contributed by atoms with Crippen molar-refractivity contribution in [2.24, 2.45) is 7.05 Å². The van der Waals surface area contributed by atoms with Crippen molar-refractivity contribution in [3.8, 4) is 28.7 Å². The van der Waals surface area contributed by atoms with Crippen molar-refractivity contribution in [1.82, 2.24) is 35.3 Å². The Kier molecular flexibility index (Phi) is 4.98. The summed E-state index contributed by atoms with van der Waals surface area (Å²) in [4.78, 5) is 25.1. The number of fused-ring (bicyclic) bond motifs is 1. The minimum absolute atomic E-state index is 0.166. The average Bonchev–Trinajstić information content (AvgIpc) is 3.39. The first kappa shape index (κ1) is 20.0. The number of hydrogen-bond acceptors (Lipinski definition) is 7. The Bertz CT molecular complexity index is 1330. The second-order valence-corrected chi connectivity index (χ2v) is 7.63. The van der Waals surface area contributed by atoms with Gasteiger partial charge in [0.1, 0.15) is 5.69 Å². The predicted molar refractivity (Wildman–Crippen MR) is 119 cm³/mol. The van der Waals surface area contributed by atoms with E-state index in [4.69, 9.17) is 16.3 Å². The number of para-hydroxylation sites is 1. The van der Waals surface area contributed by atoms with Crippen LogP contribution in [0, 0.1) is 0 Å². The van der Waals surface area contributed by atoms with E-state index in [1.165, 1.54) is 0 Å². The highest BCUT2D eigenvalue weighted by Gasteiger charge is 2.28. The third-order valence-corrected chi connectivity index (χ3v) is 5.44. The van der Waals surface area contributed by atoms with E-state index in [0.29, 0.717) is 63.6 Å². The number of H-pyrrole nitrogens is 1. The fraction of sp³-hybridized carbons (Fsp3) is 0.190. The van der Waals surface area contributed by atoms with Crippen LogP contribution in [-0.4, -0.2) is 49.5 Å². The number of carbonyl (C=O) groups is 1. The molecule has 11 heteroatoms. The summed E-state index contributed by atoms with van der Waals surface area (Å²) < 4.78 is 7.06. The van der Waals surface area contributed by atoms with Crippen LogP contribution in [0.15, 0.2) is 36.7 Å². The SMILES string of the molecule is COc1c(Cl)cccc1Nc1c(-c2ccnc(-c3cn(C)nn3)n2)[nH]c2c1C(=O)NCC2. The summed E-state index contributed by atoms with van der Waals surface area (Å²) in [6.45, 7) is 0.556. The molecule has 10 nitrogen and oxygen atoms in total. The number of nitrogens with zero attached hydrogens (tertiary/aromatic N) is 5. The van der Waals surface area contributed by atoms with Crippen molar-refractivity contribution in [2.45, 2.75) is 6.42 Å². The average molecular weight is 451 g/mol. The van der Waals surface area contributed by atoms with Crippen molar-refractivity contribution < 1.29 is 9.53 Å². The lowest BCUT2D eigenvalue weighted by atomic mass is 10.1. The summed E-state index contributed by atoms with van der Waals surface area (Å²) in [7, 11) is 3.32. The van der Waals surface area contributed by atoms with Crippen LogP contribution in [0.25, 0.3) is 22.9 Å². The summed E-state index contributed by atoms with van der Waals surface area (Å²) in [6, 6.07) is 7.15. The summed E-state index contributed by atoms with van der Waals surface area (Å²) in [5.74, 6) is 0.744. The molecule has 32 heavy (non-hydrogen) atoms. The first-order valence-electron chi connectivity index (χ1n) is 9.88. The van der Waals surface area contributed by atoms with Gasteiger partial charge < -0.3 is 20.4 Å². The molecule has 3 aromatic heterocycles. The Labute approximate surface area is 188 Å². The monoisotopic (exact) mass is 450 g/mol. The van der Waals surface area contributed by atoms with Gasteiger partial charge in [-0.3, -0.25) is 9.48 Å². The molecule has 0 fully saturated rings. The second-order valence-electron chi connectivity index (χ2n) is 7.22. The molecule has 4 aromatic rings. The maximum absolute atomic E-state index is 12.8. The van der Waals surface area contributed by atoms with Gasteiger partial charge in [-0.05, 0) is 18.2 Å². The Hall–Kier alpha value is -3.92. The van der Waals surface area contributed by atoms with Crippen molar-refractivity contribution in [3.63, 3.8) is 0 Å². The van der Waals surface area contributed by atoms with Crippen LogP contribution in [0.5, 0.6) is 5.75 Å². The van der Waals surface area contributed by atoms with Crippen molar-refractivity contribution in [3.05, 3.63) is 52.9 Å². The van der Waals surface area contributed by atoms with E-state index in [9.17, 15) is 4.79 Å². The molecule has 0 aliphatic carbocycles. The van der Waals surface area contributed by atoms with Crippen LogP contribution in [0.3, 0.4) is 0 Å². The summed E-state index contributed by atoms with van der Waals surface area (Å²) >= 11 is 6.30. The zero-order valence-corrected chi connectivity index (χ0v) is 18.1. The number of aromatic amines is 1. The molecule has 0 spiro atoms. The van der Waals surface area contributed by atoms with Crippen molar-refractivity contribution >= 4 is 28.9 Å². The number of carbonyl (C=O) groups excluding carboxylic acids is 1. The van der Waals surface area contributed by atoms with Crippen LogP contribution in [0.4, 0.5) is 11.4 Å². The molecular weight excluding hydrogens is 432 g/mol. The van der Waals surface area contributed by atoms with Gasteiger partial charge in [0.2, 0.25) is 0 Å². The minimum atomic E-state index is -0.166. The number of ether oxygens (including phenoxy) is 1. The summed E-state index contributed by atoms with van der Waals surface area (Å²) in [5.41, 5.74) is 4.38. The van der Waals surface area contributed by atoms with Gasteiger partial charge >= 0.3 is 0 Å². The van der Waals surface area contributed by atoms with Crippen molar-refractivity contribution in [1.29, 1.82) is 0 Å². The molecule has 1 aliphatic heterocycles. The molecule has 5 rings (SSSR count). The van der Waals surface area contributed by atoms with Crippen LogP contribution in [-0.2, 0) is 13.5 Å². The zero-order valence-electron chi connectivity index (χ0n) is 17.3. The van der Waals surface area contributed by atoms with E-state index in [0.717, 1.165) is 5.69 Å². The minimum Gasteiger partial charge on any atom is -0.493 e. The highest BCUT2D eigenvalue weighted by atomic mass is 35.5. The fourth-order valence-corrected chi connectivity index (χ4v) is 3.97. The summed E-state index contributed by atoms with van der Waals surface area (Å²) in [5, 5.41) is 14.7. The van der Waals surface area contributed by atoms with Gasteiger partial charge in [-0.15, -0.1) is 5.10 Å². The third kappa shape index (κ3) is 3.44. The van der Waals surface area contributed by atoms with Gasteiger partial charge in [0, 0.05) is 31.9 Å². The van der Waals surface area contributed by atoms with Gasteiger partial charge in [0.15, 0.2) is 11.6 Å². The topological polar surface area (TPSA) is 123 Å². The Morgan fingerprint density at radius 2 is 2.12 bits per heavy atom. The molecule has 0 bridgehead atoms. The first-order valence-corrected chi connectivity index (χ1v) is 10.3. The number of amides is 1. The number of halogens is 1. The number of rotatable bonds is 5. The van der Waals surface area contributed by atoms with Crippen LogP contribution in [0.1, 0.15) is 16.1 Å². The van der Waals surface area contributed by atoms with Crippen LogP contribution in [0.2, 0.25) is 5.02 Å². The van der Waals surface area contributed by atoms with Crippen molar-refractivity contribution in [2.75, 3.05) is 19.0 Å². The molecule has 162 valence electrons. The fourth-order valence-electron chi connectivity index (χ4n) is 3.72. The van der Waals surface area contributed by atoms with Crippen LogP contribution >= 0.6 is 11.6 Å². The highest BCUT2D eigenvalue weighted by Crippen LogP contribution is 2.40. The molecular formula is C21H19ClN8O2. The highest BCUT2D eigenvalue weighted by molar-refractivity contribution is 6.32. The molecule has 3 N–H and O–H groups in total. The zero-order chi connectivity index (χ0) is 22.2. The van der Waals surface area contributed by atoms with E-state index < -0.39 is 0 Å². The number of aryl methyl sites for hydroxylation is 1. The van der Waals surface area contributed by atoms with E-state index in [2.05, 4.69) is 35.9 Å². The molecule has 0 unspecified atom stereocenters. The first-order chi connectivity index (χ1) is 15.5. The predicted octanol–water partition coefficient (Wildman–Crippen LogP) is 2.96. The second kappa shape index (κ2) is 7.97. The van der Waals surface area contributed by atoms with E-state index >= 15 is 0 Å². The Morgan fingerprint density at radius 3 is 2.91 bits per heavy atom. The van der Waals surface area contributed by atoms with Gasteiger partial charge in [-0.25, -0.2) is 9.97 Å². The van der Waals surface area contributed by atoms with Gasteiger partial charge in [-0.1, -0.05) is 22.9 Å². The molecule has 0 radical (unpaired) electrons. The molecule has 4 heterocycles. The lowest BCUT2D eigenvalue weighted by molar-refractivity contribution is 0.0947. The quantitative estimate of drug-likeness (QED) is 0.427. The Morgan fingerprint density at radius 1 is 1.25 bits per heavy atom. The normalized spacial score (nSPS) is 12.9. The van der Waals surface area contributed by atoms with E-state index in [1.807, 2.05) is 12.1 Å². The summed E-state index contributed by atoms with van der Waals surface area (Å²) in [6.07, 6.45) is 4.06. The molecule has 1 aliphatic rings. The lowest BCUT2D eigenvalue weighted by Gasteiger charge is -2.16. The number of nitrogens with one attached hydrogen (secondary N) is 3. The smallest absolute Gasteiger partial charge is 0.255 e. The molecule has 0 saturated carbocycles. The van der Waals surface area contributed by atoms with E-state index in [1.54, 1.807) is 43.4 Å². The van der Waals surface area contributed by atoms with Gasteiger partial charge in [0.05, 0.1) is 46.7 Å². The largest absolute Gasteiger partial charge is 0.493 e. The van der Waals surface area contributed by atoms with Crippen LogP contribution < -0.4 is 15.4 Å². The van der Waals surface area contributed by atoms with Gasteiger partial charge in [0.25, 0.3) is 5.91 Å². The lowest BCUT2D eigenvalue weighted by Crippen LogP contribution is -2.31. The number of aromatic nitrogens is 6. The molecule has 1 amide bonds. The van der Waals surface area contributed by atoms with E-state index in [-0.39, 0.29) is 5.91 Å². The van der Waals surface area contributed by atoms with Gasteiger partial charge in [-0.2, -0.15) is 0 Å². The number of benzene rings is 1. The molecule has 0 saturated heterocycles. The number of hydrogen-bond donors (Lipinski definition) is 3. The standard InChI is InChI=1S/C21H19ClN8O2/c1-30-10-15(28-29-30)20-23-8-7-13(27-20)17-18(16-12(25-17)6-9-24-21(16)31)26-14-5-3-4-11(22)19(14)32-2/h3-5,7-8,10,25-26H,6,9H2,1-2H3,(H,24,31). The Balaban J connectivity index is 1.66. The maximum Gasteiger partial charge on any atom is 0.255 e. The third-order valence-electron chi connectivity index (χ3n) is 5.14. The maximum atomic E-state index is 12.8. The molecule has 0 atom stereocenters. The molecule has 1 aromatic carbocycles. The number of methoxy groups -OCH3 is 1. The number of anilines is 2.